The van der Waals surface area contributed by atoms with E-state index in [0.29, 0.717) is 5.92 Å². The van der Waals surface area contributed by atoms with Gasteiger partial charge in [0.2, 0.25) is 0 Å². The number of ether oxygens (including phenoxy) is 2. The molecule has 3 nitrogen and oxygen atoms in total. The Bertz CT molecular complexity index is 392. The summed E-state index contributed by atoms with van der Waals surface area (Å²) in [6, 6.07) is 3.85. The van der Waals surface area contributed by atoms with Gasteiger partial charge in [-0.2, -0.15) is 0 Å². The molecule has 0 atom stereocenters. The number of benzene rings is 1. The largest absolute Gasteiger partial charge is 0.496 e. The Balaban J connectivity index is 3.59. The Morgan fingerprint density at radius 3 is 1.88 bits per heavy atom. The summed E-state index contributed by atoms with van der Waals surface area (Å²) in [7, 11) is 3.35. The lowest BCUT2D eigenvalue weighted by molar-refractivity contribution is 0.378. The zero-order chi connectivity index (χ0) is 13.2. The van der Waals surface area contributed by atoms with Crippen LogP contribution in [0.3, 0.4) is 0 Å². The van der Waals surface area contributed by atoms with Crippen LogP contribution in [0.5, 0.6) is 11.5 Å². The van der Waals surface area contributed by atoms with Gasteiger partial charge >= 0.3 is 0 Å². The minimum Gasteiger partial charge on any atom is -0.496 e. The molecule has 0 aliphatic carbocycles. The molecule has 17 heavy (non-hydrogen) atoms. The highest BCUT2D eigenvalue weighted by molar-refractivity contribution is 5.53. The average Bonchev–Trinajstić information content (AvgIpc) is 2.25. The first-order valence-electron chi connectivity index (χ1n) is 5.87. The molecule has 0 heterocycles. The minimum atomic E-state index is -0.459. The highest BCUT2D eigenvalue weighted by Crippen LogP contribution is 2.40. The highest BCUT2D eigenvalue weighted by Gasteiger charge is 2.27. The van der Waals surface area contributed by atoms with E-state index in [2.05, 4.69) is 13.8 Å². The predicted molar refractivity (Wildman–Crippen MR) is 70.8 cm³/mol. The van der Waals surface area contributed by atoms with Gasteiger partial charge in [0.25, 0.3) is 0 Å². The van der Waals surface area contributed by atoms with E-state index in [-0.39, 0.29) is 0 Å². The van der Waals surface area contributed by atoms with Crippen LogP contribution in [0.25, 0.3) is 0 Å². The summed E-state index contributed by atoms with van der Waals surface area (Å²) < 4.78 is 10.9. The van der Waals surface area contributed by atoms with Crippen molar-refractivity contribution in [2.24, 2.45) is 5.73 Å². The minimum absolute atomic E-state index is 0.331. The van der Waals surface area contributed by atoms with Gasteiger partial charge in [-0.3, -0.25) is 0 Å². The molecule has 0 fully saturated rings. The molecular formula is C14H23NO2. The average molecular weight is 237 g/mol. The summed E-state index contributed by atoms with van der Waals surface area (Å²) >= 11 is 0. The van der Waals surface area contributed by atoms with Gasteiger partial charge in [0, 0.05) is 16.7 Å². The van der Waals surface area contributed by atoms with E-state index >= 15 is 0 Å². The summed E-state index contributed by atoms with van der Waals surface area (Å²) in [6.45, 7) is 8.23. The fourth-order valence-electron chi connectivity index (χ4n) is 2.17. The summed E-state index contributed by atoms with van der Waals surface area (Å²) in [5, 5.41) is 0. The molecule has 0 aromatic heterocycles. The number of methoxy groups -OCH3 is 2. The fourth-order valence-corrected chi connectivity index (χ4v) is 2.17. The maximum Gasteiger partial charge on any atom is 0.124 e. The van der Waals surface area contributed by atoms with Crippen LogP contribution < -0.4 is 15.2 Å². The standard InChI is InChI=1S/C14H23NO2/c1-9(2)12-10(16-5)7-8-11(17-6)13(12)14(3,4)15/h7-9H,15H2,1-6H3. The van der Waals surface area contributed by atoms with E-state index in [1.165, 1.54) is 0 Å². The Hall–Kier alpha value is -1.22. The number of hydrogen-bond donors (Lipinski definition) is 1. The third-order valence-corrected chi connectivity index (χ3v) is 2.83. The second-order valence-corrected chi connectivity index (χ2v) is 5.14. The van der Waals surface area contributed by atoms with Crippen LogP contribution in [-0.4, -0.2) is 14.2 Å². The third kappa shape index (κ3) is 2.72. The lowest BCUT2D eigenvalue weighted by atomic mass is 9.85. The van der Waals surface area contributed by atoms with E-state index < -0.39 is 5.54 Å². The van der Waals surface area contributed by atoms with E-state index in [4.69, 9.17) is 15.2 Å². The van der Waals surface area contributed by atoms with Gasteiger partial charge in [0.1, 0.15) is 11.5 Å². The summed E-state index contributed by atoms with van der Waals surface area (Å²) in [4.78, 5) is 0. The number of nitrogens with two attached hydrogens (primary N) is 1. The van der Waals surface area contributed by atoms with Crippen LogP contribution in [0, 0.1) is 0 Å². The Morgan fingerprint density at radius 2 is 1.53 bits per heavy atom. The van der Waals surface area contributed by atoms with Crippen molar-refractivity contribution < 1.29 is 9.47 Å². The molecule has 1 aromatic carbocycles. The number of hydrogen-bond acceptors (Lipinski definition) is 3. The van der Waals surface area contributed by atoms with Gasteiger partial charge in [-0.25, -0.2) is 0 Å². The van der Waals surface area contributed by atoms with Crippen LogP contribution in [0.15, 0.2) is 12.1 Å². The topological polar surface area (TPSA) is 44.5 Å². The van der Waals surface area contributed by atoms with Crippen molar-refractivity contribution in [2.75, 3.05) is 14.2 Å². The van der Waals surface area contributed by atoms with Crippen molar-refractivity contribution in [1.29, 1.82) is 0 Å². The SMILES string of the molecule is COc1ccc(OC)c(C(C)(C)N)c1C(C)C. The molecule has 1 aromatic rings. The molecule has 0 unspecified atom stereocenters. The molecule has 0 aliphatic rings. The monoisotopic (exact) mass is 237 g/mol. The van der Waals surface area contributed by atoms with Gasteiger partial charge in [-0.1, -0.05) is 13.8 Å². The molecule has 0 spiro atoms. The van der Waals surface area contributed by atoms with E-state index in [0.717, 1.165) is 22.6 Å². The molecule has 0 radical (unpaired) electrons. The maximum atomic E-state index is 6.26. The smallest absolute Gasteiger partial charge is 0.124 e. The van der Waals surface area contributed by atoms with Gasteiger partial charge in [0.05, 0.1) is 14.2 Å². The predicted octanol–water partition coefficient (Wildman–Crippen LogP) is 3.02. The summed E-state index contributed by atoms with van der Waals surface area (Å²) in [5.41, 5.74) is 7.95. The zero-order valence-electron chi connectivity index (χ0n) is 11.6. The zero-order valence-corrected chi connectivity index (χ0v) is 11.6. The van der Waals surface area contributed by atoms with Crippen LogP contribution in [0.4, 0.5) is 0 Å². The molecule has 0 saturated carbocycles. The Kier molecular flexibility index (Phi) is 4.04. The van der Waals surface area contributed by atoms with Gasteiger partial charge < -0.3 is 15.2 Å². The van der Waals surface area contributed by atoms with Crippen LogP contribution in [0.2, 0.25) is 0 Å². The van der Waals surface area contributed by atoms with Gasteiger partial charge in [-0.15, -0.1) is 0 Å². The van der Waals surface area contributed by atoms with Crippen LogP contribution >= 0.6 is 0 Å². The van der Waals surface area contributed by atoms with E-state index in [1.807, 2.05) is 26.0 Å². The molecule has 1 rings (SSSR count). The number of rotatable bonds is 4. The van der Waals surface area contributed by atoms with Crippen molar-refractivity contribution in [1.82, 2.24) is 0 Å². The first-order chi connectivity index (χ1) is 7.82. The summed E-state index contributed by atoms with van der Waals surface area (Å²) in [6.07, 6.45) is 0. The van der Waals surface area contributed by atoms with Crippen molar-refractivity contribution in [2.45, 2.75) is 39.2 Å². The molecule has 0 aliphatic heterocycles. The first-order valence-corrected chi connectivity index (χ1v) is 5.87. The maximum absolute atomic E-state index is 6.26. The molecule has 2 N–H and O–H groups in total. The van der Waals surface area contributed by atoms with Crippen molar-refractivity contribution in [3.63, 3.8) is 0 Å². The third-order valence-electron chi connectivity index (χ3n) is 2.83. The lowest BCUT2D eigenvalue weighted by Crippen LogP contribution is -2.31. The van der Waals surface area contributed by atoms with E-state index in [1.54, 1.807) is 14.2 Å². The normalized spacial score (nSPS) is 11.8. The molecular weight excluding hydrogens is 214 g/mol. The quantitative estimate of drug-likeness (QED) is 0.875. The van der Waals surface area contributed by atoms with E-state index in [9.17, 15) is 0 Å². The summed E-state index contributed by atoms with van der Waals surface area (Å²) in [5.74, 6) is 2.02. The lowest BCUT2D eigenvalue weighted by Gasteiger charge is -2.28. The van der Waals surface area contributed by atoms with Crippen LogP contribution in [0.1, 0.15) is 44.7 Å². The second-order valence-electron chi connectivity index (χ2n) is 5.14. The van der Waals surface area contributed by atoms with Crippen molar-refractivity contribution in [3.8, 4) is 11.5 Å². The first kappa shape index (κ1) is 13.8. The fraction of sp³-hybridized carbons (Fsp3) is 0.571. The molecule has 0 saturated heterocycles. The second kappa shape index (κ2) is 4.96. The molecule has 3 heteroatoms. The van der Waals surface area contributed by atoms with Crippen molar-refractivity contribution in [3.05, 3.63) is 23.3 Å². The molecule has 0 bridgehead atoms. The van der Waals surface area contributed by atoms with Crippen LogP contribution in [-0.2, 0) is 5.54 Å². The molecule has 96 valence electrons. The Morgan fingerprint density at radius 1 is 1.06 bits per heavy atom. The molecule has 0 amide bonds. The Labute approximate surface area is 104 Å². The van der Waals surface area contributed by atoms with Gasteiger partial charge in [0.15, 0.2) is 0 Å². The highest BCUT2D eigenvalue weighted by atomic mass is 16.5. The van der Waals surface area contributed by atoms with Crippen molar-refractivity contribution >= 4 is 0 Å². The van der Waals surface area contributed by atoms with Gasteiger partial charge in [-0.05, 0) is 31.9 Å².